The van der Waals surface area contributed by atoms with Crippen LogP contribution in [0.1, 0.15) is 51.0 Å². The van der Waals surface area contributed by atoms with Crippen molar-refractivity contribution < 1.29 is 14.4 Å². The number of nitrogens with one attached hydrogen (secondary N) is 1. The first-order valence-corrected chi connectivity index (χ1v) is 11.0. The van der Waals surface area contributed by atoms with Crippen LogP contribution in [0.2, 0.25) is 0 Å². The monoisotopic (exact) mass is 397 g/mol. The summed E-state index contributed by atoms with van der Waals surface area (Å²) in [5, 5.41) is 3.13. The Morgan fingerprint density at radius 3 is 2.34 bits per heavy atom. The van der Waals surface area contributed by atoms with Gasteiger partial charge in [-0.3, -0.25) is 14.4 Å². The lowest BCUT2D eigenvalue weighted by molar-refractivity contribution is -0.134. The Labute approximate surface area is 172 Å². The Kier molecular flexibility index (Phi) is 5.88. The molecule has 3 amide bonds. The predicted molar refractivity (Wildman–Crippen MR) is 111 cm³/mol. The molecule has 156 valence electrons. The van der Waals surface area contributed by atoms with Gasteiger partial charge in [0.2, 0.25) is 17.7 Å². The number of anilines is 1. The number of aryl methyl sites for hydroxylation is 1. The highest BCUT2D eigenvalue weighted by atomic mass is 16.2. The smallest absolute Gasteiger partial charge is 0.227 e. The lowest BCUT2D eigenvalue weighted by atomic mass is 10.0. The van der Waals surface area contributed by atoms with Gasteiger partial charge in [-0.1, -0.05) is 25.5 Å². The molecule has 2 heterocycles. The van der Waals surface area contributed by atoms with Gasteiger partial charge in [-0.15, -0.1) is 0 Å². The summed E-state index contributed by atoms with van der Waals surface area (Å²) in [6.07, 6.45) is 6.05. The highest BCUT2D eigenvalue weighted by molar-refractivity contribution is 6.00. The van der Waals surface area contributed by atoms with Crippen LogP contribution in [-0.2, 0) is 20.8 Å². The normalized spacial score (nSPS) is 22.8. The number of amides is 3. The summed E-state index contributed by atoms with van der Waals surface area (Å²) in [6.45, 7) is 4.03. The number of piperidine rings is 1. The van der Waals surface area contributed by atoms with Crippen molar-refractivity contribution in [2.24, 2.45) is 11.8 Å². The Morgan fingerprint density at radius 1 is 1.03 bits per heavy atom. The zero-order chi connectivity index (χ0) is 20.4. The predicted octanol–water partition coefficient (Wildman–Crippen LogP) is 2.51. The van der Waals surface area contributed by atoms with Crippen LogP contribution in [0, 0.1) is 11.8 Å². The number of carbonyl (C=O) groups excluding carboxylic acids is 3. The van der Waals surface area contributed by atoms with Gasteiger partial charge < -0.3 is 15.1 Å². The van der Waals surface area contributed by atoms with Crippen LogP contribution in [-0.4, -0.2) is 48.3 Å². The molecule has 1 aromatic rings. The third-order valence-electron chi connectivity index (χ3n) is 6.36. The van der Waals surface area contributed by atoms with E-state index in [4.69, 9.17) is 0 Å². The van der Waals surface area contributed by atoms with Gasteiger partial charge in [-0.2, -0.15) is 0 Å². The van der Waals surface area contributed by atoms with Gasteiger partial charge in [0.15, 0.2) is 0 Å². The van der Waals surface area contributed by atoms with Crippen molar-refractivity contribution in [2.75, 3.05) is 24.5 Å². The highest BCUT2D eigenvalue weighted by Gasteiger charge is 2.37. The van der Waals surface area contributed by atoms with Crippen molar-refractivity contribution in [1.82, 2.24) is 10.2 Å². The zero-order valence-corrected chi connectivity index (χ0v) is 17.2. The average molecular weight is 398 g/mol. The highest BCUT2D eigenvalue weighted by Crippen LogP contribution is 2.32. The Balaban J connectivity index is 1.27. The van der Waals surface area contributed by atoms with Crippen molar-refractivity contribution >= 4 is 23.4 Å². The average Bonchev–Trinajstić information content (AvgIpc) is 3.51. The molecule has 1 aliphatic carbocycles. The van der Waals surface area contributed by atoms with E-state index in [1.165, 1.54) is 5.56 Å². The van der Waals surface area contributed by atoms with Gasteiger partial charge in [0.25, 0.3) is 0 Å². The van der Waals surface area contributed by atoms with E-state index in [-0.39, 0.29) is 42.0 Å². The molecule has 6 heteroatoms. The molecule has 0 aromatic heterocycles. The first-order valence-electron chi connectivity index (χ1n) is 11.0. The molecule has 3 aliphatic rings. The van der Waals surface area contributed by atoms with Crippen LogP contribution in [0.3, 0.4) is 0 Å². The fraction of sp³-hybridized carbons (Fsp3) is 0.609. The molecule has 6 nitrogen and oxygen atoms in total. The molecule has 1 aromatic carbocycles. The van der Waals surface area contributed by atoms with E-state index in [1.807, 2.05) is 17.0 Å². The summed E-state index contributed by atoms with van der Waals surface area (Å²) < 4.78 is 0. The minimum absolute atomic E-state index is 0.0123. The third kappa shape index (κ3) is 4.62. The lowest BCUT2D eigenvalue weighted by Crippen LogP contribution is -2.48. The van der Waals surface area contributed by atoms with Crippen molar-refractivity contribution in [3.63, 3.8) is 0 Å². The van der Waals surface area contributed by atoms with Gasteiger partial charge in [-0.05, 0) is 49.8 Å². The van der Waals surface area contributed by atoms with E-state index in [1.54, 1.807) is 4.90 Å². The summed E-state index contributed by atoms with van der Waals surface area (Å²) in [5.74, 6) is 0.224. The van der Waals surface area contributed by atoms with Crippen LogP contribution in [0.4, 0.5) is 5.69 Å². The topological polar surface area (TPSA) is 69.7 Å². The number of rotatable bonds is 6. The number of benzene rings is 1. The molecular weight excluding hydrogens is 366 g/mol. The summed E-state index contributed by atoms with van der Waals surface area (Å²) in [6, 6.07) is 8.20. The quantitative estimate of drug-likeness (QED) is 0.802. The standard InChI is InChI=1S/C23H31N3O3/c1-2-3-16-4-8-20(9-5-16)26-15-18(14-21(26)27)22(28)24-19-10-12-25(13-11-19)23(29)17-6-7-17/h4-5,8-9,17-19H,2-3,6-7,10-15H2,1H3,(H,24,28)/t18-/m0/s1. The van der Waals surface area contributed by atoms with Crippen LogP contribution >= 0.6 is 0 Å². The molecule has 0 spiro atoms. The Morgan fingerprint density at radius 2 is 1.72 bits per heavy atom. The SMILES string of the molecule is CCCc1ccc(N2C[C@@H](C(=O)NC3CCN(C(=O)C4CC4)CC3)CC2=O)cc1. The first-order chi connectivity index (χ1) is 14.0. The number of hydrogen-bond donors (Lipinski definition) is 1. The van der Waals surface area contributed by atoms with Crippen molar-refractivity contribution in [2.45, 2.75) is 57.9 Å². The maximum atomic E-state index is 12.7. The molecule has 29 heavy (non-hydrogen) atoms. The second kappa shape index (κ2) is 8.56. The van der Waals surface area contributed by atoms with Gasteiger partial charge in [0.05, 0.1) is 5.92 Å². The Hall–Kier alpha value is -2.37. The summed E-state index contributed by atoms with van der Waals surface area (Å²) >= 11 is 0. The fourth-order valence-corrected chi connectivity index (χ4v) is 4.42. The summed E-state index contributed by atoms with van der Waals surface area (Å²) in [7, 11) is 0. The molecular formula is C23H31N3O3. The van der Waals surface area contributed by atoms with E-state index >= 15 is 0 Å². The van der Waals surface area contributed by atoms with Gasteiger partial charge in [0.1, 0.15) is 0 Å². The molecule has 0 bridgehead atoms. The molecule has 2 aliphatic heterocycles. The van der Waals surface area contributed by atoms with Gasteiger partial charge in [-0.25, -0.2) is 0 Å². The molecule has 3 fully saturated rings. The van der Waals surface area contributed by atoms with Crippen LogP contribution < -0.4 is 10.2 Å². The maximum absolute atomic E-state index is 12.7. The maximum Gasteiger partial charge on any atom is 0.227 e. The molecule has 1 saturated carbocycles. The van der Waals surface area contributed by atoms with Gasteiger partial charge >= 0.3 is 0 Å². The minimum Gasteiger partial charge on any atom is -0.353 e. The van der Waals surface area contributed by atoms with Crippen molar-refractivity contribution in [3.8, 4) is 0 Å². The summed E-state index contributed by atoms with van der Waals surface area (Å²) in [4.78, 5) is 41.1. The second-order valence-corrected chi connectivity index (χ2v) is 8.70. The van der Waals surface area contributed by atoms with E-state index in [0.29, 0.717) is 6.54 Å². The van der Waals surface area contributed by atoms with Crippen LogP contribution in [0.5, 0.6) is 0 Å². The lowest BCUT2D eigenvalue weighted by Gasteiger charge is -2.33. The molecule has 1 N–H and O–H groups in total. The Bertz CT molecular complexity index is 764. The fourth-order valence-electron chi connectivity index (χ4n) is 4.42. The molecule has 0 radical (unpaired) electrons. The van der Waals surface area contributed by atoms with Gasteiger partial charge in [0, 0.05) is 43.7 Å². The second-order valence-electron chi connectivity index (χ2n) is 8.70. The van der Waals surface area contributed by atoms with E-state index in [0.717, 1.165) is 57.3 Å². The minimum atomic E-state index is -0.302. The molecule has 2 saturated heterocycles. The number of hydrogen-bond acceptors (Lipinski definition) is 3. The molecule has 4 rings (SSSR count). The third-order valence-corrected chi connectivity index (χ3v) is 6.36. The molecule has 0 unspecified atom stereocenters. The zero-order valence-electron chi connectivity index (χ0n) is 17.2. The first kappa shape index (κ1) is 19.9. The number of carbonyl (C=O) groups is 3. The molecule has 1 atom stereocenters. The van der Waals surface area contributed by atoms with Crippen LogP contribution in [0.25, 0.3) is 0 Å². The van der Waals surface area contributed by atoms with E-state index in [9.17, 15) is 14.4 Å². The number of nitrogens with zero attached hydrogens (tertiary/aromatic N) is 2. The van der Waals surface area contributed by atoms with Crippen LogP contribution in [0.15, 0.2) is 24.3 Å². The van der Waals surface area contributed by atoms with E-state index in [2.05, 4.69) is 24.4 Å². The van der Waals surface area contributed by atoms with E-state index < -0.39 is 0 Å². The van der Waals surface area contributed by atoms with Crippen molar-refractivity contribution in [1.29, 1.82) is 0 Å². The summed E-state index contributed by atoms with van der Waals surface area (Å²) in [5.41, 5.74) is 2.14. The number of likely N-dealkylation sites (tertiary alicyclic amines) is 1. The largest absolute Gasteiger partial charge is 0.353 e. The van der Waals surface area contributed by atoms with Crippen molar-refractivity contribution in [3.05, 3.63) is 29.8 Å².